The lowest BCUT2D eigenvalue weighted by atomic mass is 9.72. The van der Waals surface area contributed by atoms with Crippen molar-refractivity contribution in [2.75, 3.05) is 10.2 Å². The number of nitrogens with one attached hydrogen (secondary N) is 1. The van der Waals surface area contributed by atoms with Gasteiger partial charge in [0.15, 0.2) is 0 Å². The van der Waals surface area contributed by atoms with E-state index in [1.54, 1.807) is 4.90 Å². The molecule has 1 aliphatic heterocycles. The number of carbonyl (C=O) groups excluding carboxylic acids is 2. The number of Topliss-reactive ketones (excluding diaryl/α,β-unsaturated/α-hetero) is 1. The quantitative estimate of drug-likeness (QED) is 0.688. The van der Waals surface area contributed by atoms with Crippen molar-refractivity contribution in [3.8, 4) is 0 Å². The van der Waals surface area contributed by atoms with E-state index >= 15 is 0 Å². The normalized spacial score (nSPS) is 22.7. The standard InChI is InChI=1S/C24H25ClN2O2/c1-4-21(29)27-19-12-8-7-11-17(19)26-18-13-24(2,3)14-20(28)22(18)23(27)15-9-5-6-10-16(15)25/h5-13,22-23,26H,4,14H2,1-3H3/t22-,23+/m0/s1. The molecule has 4 nitrogen and oxygen atoms in total. The number of anilines is 2. The van der Waals surface area contributed by atoms with Crippen LogP contribution in [-0.4, -0.2) is 11.7 Å². The van der Waals surface area contributed by atoms with Gasteiger partial charge in [-0.05, 0) is 29.2 Å². The molecular formula is C24H25ClN2O2. The number of hydrogen-bond donors (Lipinski definition) is 1. The third kappa shape index (κ3) is 3.46. The first kappa shape index (κ1) is 19.7. The van der Waals surface area contributed by atoms with Gasteiger partial charge in [-0.2, -0.15) is 0 Å². The van der Waals surface area contributed by atoms with Crippen LogP contribution >= 0.6 is 11.6 Å². The van der Waals surface area contributed by atoms with Gasteiger partial charge in [0, 0.05) is 23.6 Å². The maximum atomic E-state index is 13.4. The number of para-hydroxylation sites is 2. The second kappa shape index (κ2) is 7.34. The average Bonchev–Trinajstić information content (AvgIpc) is 2.81. The summed E-state index contributed by atoms with van der Waals surface area (Å²) in [6.45, 7) is 5.97. The molecule has 2 atom stereocenters. The van der Waals surface area contributed by atoms with Crippen LogP contribution in [0.5, 0.6) is 0 Å². The molecular weight excluding hydrogens is 384 g/mol. The number of halogens is 1. The molecule has 2 aromatic rings. The van der Waals surface area contributed by atoms with Gasteiger partial charge in [0.1, 0.15) is 5.78 Å². The molecule has 1 amide bonds. The van der Waals surface area contributed by atoms with Crippen LogP contribution < -0.4 is 10.2 Å². The van der Waals surface area contributed by atoms with Crippen LogP contribution in [0.1, 0.15) is 45.2 Å². The molecule has 5 heteroatoms. The smallest absolute Gasteiger partial charge is 0.227 e. The first-order valence-electron chi connectivity index (χ1n) is 10.0. The number of amides is 1. The Morgan fingerprint density at radius 1 is 1.17 bits per heavy atom. The molecule has 29 heavy (non-hydrogen) atoms. The van der Waals surface area contributed by atoms with Crippen molar-refractivity contribution in [1.82, 2.24) is 0 Å². The number of allylic oxidation sites excluding steroid dienone is 1. The first-order chi connectivity index (χ1) is 13.8. The van der Waals surface area contributed by atoms with Crippen LogP contribution in [0, 0.1) is 11.3 Å². The fraction of sp³-hybridized carbons (Fsp3) is 0.333. The van der Waals surface area contributed by atoms with Gasteiger partial charge in [0.05, 0.1) is 23.3 Å². The van der Waals surface area contributed by atoms with Gasteiger partial charge in [0.25, 0.3) is 0 Å². The monoisotopic (exact) mass is 408 g/mol. The molecule has 0 radical (unpaired) electrons. The van der Waals surface area contributed by atoms with Gasteiger partial charge >= 0.3 is 0 Å². The van der Waals surface area contributed by atoms with Crippen molar-refractivity contribution in [3.05, 3.63) is 70.9 Å². The minimum absolute atomic E-state index is 0.0388. The number of hydrogen-bond acceptors (Lipinski definition) is 3. The maximum Gasteiger partial charge on any atom is 0.227 e. The minimum atomic E-state index is -0.498. The molecule has 1 N–H and O–H groups in total. The van der Waals surface area contributed by atoms with Gasteiger partial charge in [-0.3, -0.25) is 9.59 Å². The number of fused-ring (bicyclic) bond motifs is 2. The second-order valence-electron chi connectivity index (χ2n) is 8.43. The van der Waals surface area contributed by atoms with E-state index in [2.05, 4.69) is 25.2 Å². The molecule has 0 unspecified atom stereocenters. The lowest BCUT2D eigenvalue weighted by Gasteiger charge is -2.39. The minimum Gasteiger partial charge on any atom is -0.357 e. The molecule has 150 valence electrons. The van der Waals surface area contributed by atoms with Crippen LogP contribution in [0.4, 0.5) is 11.4 Å². The number of carbonyl (C=O) groups is 2. The van der Waals surface area contributed by atoms with E-state index in [0.717, 1.165) is 22.6 Å². The number of rotatable bonds is 2. The molecule has 2 aliphatic rings. The highest BCUT2D eigenvalue weighted by atomic mass is 35.5. The Bertz CT molecular complexity index is 1010. The fourth-order valence-electron chi connectivity index (χ4n) is 4.49. The highest BCUT2D eigenvalue weighted by Gasteiger charge is 2.46. The Morgan fingerprint density at radius 2 is 1.86 bits per heavy atom. The van der Waals surface area contributed by atoms with E-state index in [1.165, 1.54) is 0 Å². The molecule has 2 aromatic carbocycles. The Labute approximate surface area is 176 Å². The van der Waals surface area contributed by atoms with Crippen molar-refractivity contribution in [1.29, 1.82) is 0 Å². The van der Waals surface area contributed by atoms with Gasteiger partial charge in [-0.1, -0.05) is 68.8 Å². The molecule has 1 aliphatic carbocycles. The van der Waals surface area contributed by atoms with Crippen molar-refractivity contribution in [2.45, 2.75) is 39.7 Å². The SMILES string of the molecule is CCC(=O)N1c2ccccc2NC2=CC(C)(C)CC(=O)[C@H]2[C@H]1c1ccccc1Cl. The largest absolute Gasteiger partial charge is 0.357 e. The lowest BCUT2D eigenvalue weighted by molar-refractivity contribution is -0.125. The molecule has 0 bridgehead atoms. The molecule has 1 heterocycles. The van der Waals surface area contributed by atoms with Gasteiger partial charge in [-0.25, -0.2) is 0 Å². The summed E-state index contributed by atoms with van der Waals surface area (Å²) in [5.41, 5.74) is 2.98. The van der Waals surface area contributed by atoms with Gasteiger partial charge < -0.3 is 10.2 Å². The van der Waals surface area contributed by atoms with E-state index in [4.69, 9.17) is 11.6 Å². The van der Waals surface area contributed by atoms with E-state index in [0.29, 0.717) is 17.9 Å². The van der Waals surface area contributed by atoms with Gasteiger partial charge in [0.2, 0.25) is 5.91 Å². The first-order valence-corrected chi connectivity index (χ1v) is 10.4. The fourth-order valence-corrected chi connectivity index (χ4v) is 4.74. The summed E-state index contributed by atoms with van der Waals surface area (Å²) in [7, 11) is 0. The summed E-state index contributed by atoms with van der Waals surface area (Å²) < 4.78 is 0. The summed E-state index contributed by atoms with van der Waals surface area (Å²) >= 11 is 6.60. The molecule has 0 saturated heterocycles. The lowest BCUT2D eigenvalue weighted by Crippen LogP contribution is -2.43. The summed E-state index contributed by atoms with van der Waals surface area (Å²) in [6, 6.07) is 14.7. The predicted octanol–water partition coefficient (Wildman–Crippen LogP) is 5.75. The summed E-state index contributed by atoms with van der Waals surface area (Å²) in [6.07, 6.45) is 2.90. The highest BCUT2D eigenvalue weighted by Crippen LogP contribution is 2.49. The zero-order valence-electron chi connectivity index (χ0n) is 16.9. The Balaban J connectivity index is 2.03. The van der Waals surface area contributed by atoms with Crippen LogP contribution in [0.3, 0.4) is 0 Å². The van der Waals surface area contributed by atoms with E-state index in [-0.39, 0.29) is 17.1 Å². The Morgan fingerprint density at radius 3 is 2.59 bits per heavy atom. The number of ketones is 1. The Hall–Kier alpha value is -2.59. The van der Waals surface area contributed by atoms with Crippen molar-refractivity contribution in [3.63, 3.8) is 0 Å². The molecule has 0 saturated carbocycles. The van der Waals surface area contributed by atoms with Gasteiger partial charge in [-0.15, -0.1) is 0 Å². The van der Waals surface area contributed by atoms with E-state index in [1.807, 2.05) is 55.5 Å². The Kier molecular flexibility index (Phi) is 4.99. The van der Waals surface area contributed by atoms with Crippen LogP contribution in [0.15, 0.2) is 60.3 Å². The van der Waals surface area contributed by atoms with Crippen LogP contribution in [-0.2, 0) is 9.59 Å². The van der Waals surface area contributed by atoms with E-state index < -0.39 is 12.0 Å². The number of benzene rings is 2. The molecule has 0 spiro atoms. The van der Waals surface area contributed by atoms with Crippen molar-refractivity contribution < 1.29 is 9.59 Å². The average molecular weight is 409 g/mol. The molecule has 4 rings (SSSR count). The van der Waals surface area contributed by atoms with E-state index in [9.17, 15) is 9.59 Å². The van der Waals surface area contributed by atoms with Crippen molar-refractivity contribution in [2.24, 2.45) is 11.3 Å². The third-order valence-electron chi connectivity index (χ3n) is 5.69. The zero-order valence-corrected chi connectivity index (χ0v) is 17.7. The topological polar surface area (TPSA) is 49.4 Å². The van der Waals surface area contributed by atoms with Crippen LogP contribution in [0.25, 0.3) is 0 Å². The summed E-state index contributed by atoms with van der Waals surface area (Å²) in [5.74, 6) is -0.416. The molecule has 0 fully saturated rings. The second-order valence-corrected chi connectivity index (χ2v) is 8.84. The van der Waals surface area contributed by atoms with Crippen molar-refractivity contribution >= 4 is 34.7 Å². The predicted molar refractivity (Wildman–Crippen MR) is 117 cm³/mol. The molecule has 0 aromatic heterocycles. The third-order valence-corrected chi connectivity index (χ3v) is 6.03. The summed E-state index contributed by atoms with van der Waals surface area (Å²) in [5, 5.41) is 4.04. The highest BCUT2D eigenvalue weighted by molar-refractivity contribution is 6.31. The van der Waals surface area contributed by atoms with Crippen LogP contribution in [0.2, 0.25) is 5.02 Å². The number of nitrogens with zero attached hydrogens (tertiary/aromatic N) is 1. The zero-order chi connectivity index (χ0) is 20.8. The maximum absolute atomic E-state index is 13.4. The summed E-state index contributed by atoms with van der Waals surface area (Å²) in [4.78, 5) is 28.4.